The van der Waals surface area contributed by atoms with Gasteiger partial charge in [-0.05, 0) is 37.2 Å². The number of benzene rings is 1. The monoisotopic (exact) mass is 296 g/mol. The molecule has 0 bridgehead atoms. The Labute approximate surface area is 128 Å². The lowest BCUT2D eigenvalue weighted by molar-refractivity contribution is 0.255. The summed E-state index contributed by atoms with van der Waals surface area (Å²) in [4.78, 5) is 0. The van der Waals surface area contributed by atoms with E-state index in [2.05, 4.69) is 48.9 Å². The molecule has 0 saturated heterocycles. The lowest BCUT2D eigenvalue weighted by Gasteiger charge is -2.17. The molecule has 1 rings (SSSR count). The highest BCUT2D eigenvalue weighted by Gasteiger charge is 2.04. The summed E-state index contributed by atoms with van der Waals surface area (Å²) in [5, 5.41) is 3.46. The fourth-order valence-electron chi connectivity index (χ4n) is 1.81. The van der Waals surface area contributed by atoms with E-state index in [9.17, 15) is 0 Å². The zero-order valence-electron chi connectivity index (χ0n) is 13.2. The van der Waals surface area contributed by atoms with E-state index in [1.807, 2.05) is 12.1 Å². The summed E-state index contributed by atoms with van der Waals surface area (Å²) in [6, 6.07) is 8.27. The largest absolute Gasteiger partial charge is 0.493 e. The molecule has 1 aromatic rings. The summed E-state index contributed by atoms with van der Waals surface area (Å²) in [5.74, 6) is 1.48. The van der Waals surface area contributed by atoms with Crippen LogP contribution in [0.15, 0.2) is 24.3 Å². The zero-order chi connectivity index (χ0) is 14.8. The van der Waals surface area contributed by atoms with Gasteiger partial charge in [-0.3, -0.25) is 0 Å². The van der Waals surface area contributed by atoms with Crippen molar-refractivity contribution in [2.45, 2.75) is 26.7 Å². The molecular formula is C16H28N2OS. The molecule has 1 aromatic carbocycles. The van der Waals surface area contributed by atoms with Crippen LogP contribution in [0.4, 0.5) is 5.69 Å². The van der Waals surface area contributed by atoms with Gasteiger partial charge in [0.2, 0.25) is 0 Å². The van der Waals surface area contributed by atoms with E-state index >= 15 is 0 Å². The Morgan fingerprint density at radius 1 is 1.30 bits per heavy atom. The average Bonchev–Trinajstić information content (AvgIpc) is 2.49. The second-order valence-electron chi connectivity index (χ2n) is 5.15. The number of hydrogen-bond acceptors (Lipinski definition) is 4. The van der Waals surface area contributed by atoms with E-state index < -0.39 is 0 Å². The van der Waals surface area contributed by atoms with Gasteiger partial charge < -0.3 is 14.4 Å². The third-order valence-corrected chi connectivity index (χ3v) is 3.97. The van der Waals surface area contributed by atoms with E-state index in [0.29, 0.717) is 5.92 Å². The number of nitrogens with zero attached hydrogens (tertiary/aromatic N) is 1. The third kappa shape index (κ3) is 6.53. The summed E-state index contributed by atoms with van der Waals surface area (Å²) in [6.45, 7) is 7.32. The maximum absolute atomic E-state index is 5.83. The van der Waals surface area contributed by atoms with Gasteiger partial charge in [-0.2, -0.15) is 0 Å². The first-order valence-electron chi connectivity index (χ1n) is 7.38. The fraction of sp³-hybridized carbons (Fsp3) is 0.625. The number of hydrogen-bond donors (Lipinski definition) is 1. The molecular weight excluding hydrogens is 268 g/mol. The molecule has 0 spiro atoms. The predicted octanol–water partition coefficient (Wildman–Crippen LogP) is 3.81. The second-order valence-corrected chi connectivity index (χ2v) is 6.06. The first kappa shape index (κ1) is 17.2. The topological polar surface area (TPSA) is 24.5 Å². The molecule has 0 aliphatic heterocycles. The minimum Gasteiger partial charge on any atom is -0.493 e. The number of nitrogens with one attached hydrogen (secondary N) is 1. The van der Waals surface area contributed by atoms with Crippen molar-refractivity contribution < 1.29 is 4.74 Å². The van der Waals surface area contributed by atoms with Crippen LogP contribution >= 0.6 is 11.9 Å². The molecule has 114 valence electrons. The second kappa shape index (κ2) is 9.94. The number of rotatable bonds is 10. The summed E-state index contributed by atoms with van der Waals surface area (Å²) in [7, 11) is 2.06. The van der Waals surface area contributed by atoms with Crippen LogP contribution < -0.4 is 14.4 Å². The highest BCUT2D eigenvalue weighted by Crippen LogP contribution is 2.22. The summed E-state index contributed by atoms with van der Waals surface area (Å²) >= 11 is 1.70. The molecule has 0 aliphatic rings. The maximum atomic E-state index is 5.83. The maximum Gasteiger partial charge on any atom is 0.119 e. The van der Waals surface area contributed by atoms with Crippen LogP contribution in [0, 0.1) is 5.92 Å². The Hall–Kier alpha value is -0.870. The van der Waals surface area contributed by atoms with Crippen molar-refractivity contribution >= 4 is 17.6 Å². The molecule has 0 aromatic heterocycles. The van der Waals surface area contributed by atoms with Crippen LogP contribution in [0.5, 0.6) is 5.75 Å². The molecule has 0 aliphatic carbocycles. The van der Waals surface area contributed by atoms with Gasteiger partial charge in [0.15, 0.2) is 0 Å². The predicted molar refractivity (Wildman–Crippen MR) is 90.8 cm³/mol. The molecule has 0 amide bonds. The lowest BCUT2D eigenvalue weighted by Crippen LogP contribution is -2.25. The van der Waals surface area contributed by atoms with Crippen molar-refractivity contribution in [3.63, 3.8) is 0 Å². The van der Waals surface area contributed by atoms with Gasteiger partial charge in [0.1, 0.15) is 5.75 Å². The number of unbranched alkanes of at least 4 members (excludes halogenated alkanes) is 1. The molecule has 1 atom stereocenters. The highest BCUT2D eigenvalue weighted by molar-refractivity contribution is 7.99. The molecule has 1 unspecified atom stereocenters. The number of ether oxygens (including phenoxy) is 1. The van der Waals surface area contributed by atoms with Crippen molar-refractivity contribution in [2.24, 2.45) is 5.92 Å². The first-order valence-corrected chi connectivity index (χ1v) is 8.57. The van der Waals surface area contributed by atoms with Gasteiger partial charge in [-0.15, -0.1) is 0 Å². The molecule has 1 N–H and O–H groups in total. The molecule has 3 nitrogen and oxygen atoms in total. The highest BCUT2D eigenvalue weighted by atomic mass is 32.2. The standard InChI is InChI=1S/C16H28N2OS/c1-5-6-11-17-12-14(2)13-19-16-9-7-15(8-10-16)18(3)20-4/h7-10,14,17H,5-6,11-13H2,1-4H3. The van der Waals surface area contributed by atoms with Crippen LogP contribution in [0.1, 0.15) is 26.7 Å². The lowest BCUT2D eigenvalue weighted by atomic mass is 10.2. The van der Waals surface area contributed by atoms with Gasteiger partial charge in [0.25, 0.3) is 0 Å². The Balaban J connectivity index is 2.27. The van der Waals surface area contributed by atoms with E-state index in [4.69, 9.17) is 4.74 Å². The smallest absolute Gasteiger partial charge is 0.119 e. The van der Waals surface area contributed by atoms with Crippen LogP contribution in [-0.2, 0) is 0 Å². The minimum atomic E-state index is 0.528. The Bertz CT molecular complexity index is 356. The molecule has 0 radical (unpaired) electrons. The van der Waals surface area contributed by atoms with Gasteiger partial charge in [0.05, 0.1) is 6.61 Å². The van der Waals surface area contributed by atoms with Crippen molar-refractivity contribution in [3.05, 3.63) is 24.3 Å². The molecule has 20 heavy (non-hydrogen) atoms. The van der Waals surface area contributed by atoms with Gasteiger partial charge >= 0.3 is 0 Å². The van der Waals surface area contributed by atoms with Gasteiger partial charge in [-0.25, -0.2) is 0 Å². The van der Waals surface area contributed by atoms with E-state index in [0.717, 1.165) is 25.4 Å². The molecule has 4 heteroatoms. The summed E-state index contributed by atoms with van der Waals surface area (Å²) in [6.07, 6.45) is 4.56. The normalized spacial score (nSPS) is 12.2. The average molecular weight is 296 g/mol. The summed E-state index contributed by atoms with van der Waals surface area (Å²) < 4.78 is 7.96. The molecule has 0 fully saturated rings. The van der Waals surface area contributed by atoms with Crippen LogP contribution in [-0.4, -0.2) is 33.0 Å². The van der Waals surface area contributed by atoms with Crippen LogP contribution in [0.2, 0.25) is 0 Å². The van der Waals surface area contributed by atoms with Gasteiger partial charge in [-0.1, -0.05) is 32.2 Å². The fourth-order valence-corrected chi connectivity index (χ4v) is 2.14. The van der Waals surface area contributed by atoms with Crippen molar-refractivity contribution in [1.82, 2.24) is 5.32 Å². The minimum absolute atomic E-state index is 0.528. The Morgan fingerprint density at radius 3 is 2.60 bits per heavy atom. The SMILES string of the molecule is CCCCNCC(C)COc1ccc(N(C)SC)cc1. The zero-order valence-corrected chi connectivity index (χ0v) is 14.0. The third-order valence-electron chi connectivity index (χ3n) is 3.21. The van der Waals surface area contributed by atoms with Crippen LogP contribution in [0.3, 0.4) is 0 Å². The number of anilines is 1. The molecule has 0 saturated carbocycles. The Morgan fingerprint density at radius 2 is 2.00 bits per heavy atom. The van der Waals surface area contributed by atoms with E-state index in [1.54, 1.807) is 11.9 Å². The van der Waals surface area contributed by atoms with E-state index in [1.165, 1.54) is 18.5 Å². The van der Waals surface area contributed by atoms with Gasteiger partial charge in [0, 0.05) is 31.5 Å². The molecule has 0 heterocycles. The Kier molecular flexibility index (Phi) is 8.54. The first-order chi connectivity index (χ1) is 9.67. The van der Waals surface area contributed by atoms with E-state index in [-0.39, 0.29) is 0 Å². The van der Waals surface area contributed by atoms with Crippen molar-refractivity contribution in [1.29, 1.82) is 0 Å². The summed E-state index contributed by atoms with van der Waals surface area (Å²) in [5.41, 5.74) is 1.19. The van der Waals surface area contributed by atoms with Crippen molar-refractivity contribution in [2.75, 3.05) is 37.3 Å². The van der Waals surface area contributed by atoms with Crippen molar-refractivity contribution in [3.8, 4) is 5.75 Å². The van der Waals surface area contributed by atoms with Crippen LogP contribution in [0.25, 0.3) is 0 Å². The quantitative estimate of drug-likeness (QED) is 0.524.